The van der Waals surface area contributed by atoms with E-state index < -0.39 is 0 Å². The van der Waals surface area contributed by atoms with Crippen molar-refractivity contribution in [1.29, 1.82) is 0 Å². The highest BCUT2D eigenvalue weighted by atomic mass is 16.5. The first kappa shape index (κ1) is 12.8. The van der Waals surface area contributed by atoms with E-state index in [-0.39, 0.29) is 0 Å². The summed E-state index contributed by atoms with van der Waals surface area (Å²) in [5.74, 6) is 1.45. The maximum atomic E-state index is 5.26. The summed E-state index contributed by atoms with van der Waals surface area (Å²) in [4.78, 5) is 4.85. The van der Waals surface area contributed by atoms with Crippen LogP contribution in [0, 0.1) is 0 Å². The van der Waals surface area contributed by atoms with Gasteiger partial charge in [0.25, 0.3) is 0 Å². The van der Waals surface area contributed by atoms with Crippen molar-refractivity contribution in [3.05, 3.63) is 17.8 Å². The molecule has 0 aliphatic carbocycles. The summed E-state index contributed by atoms with van der Waals surface area (Å²) in [6, 6.07) is 4.85. The molecular weight excluding hydrogens is 240 g/mol. The maximum Gasteiger partial charge on any atom is 0.151 e. The van der Waals surface area contributed by atoms with Gasteiger partial charge in [-0.2, -0.15) is 5.10 Å². The van der Waals surface area contributed by atoms with Crippen LogP contribution in [-0.4, -0.2) is 60.5 Å². The predicted molar refractivity (Wildman–Crippen MR) is 74.5 cm³/mol. The minimum Gasteiger partial charge on any atom is -0.378 e. The van der Waals surface area contributed by atoms with Crippen molar-refractivity contribution in [2.24, 2.45) is 0 Å². The van der Waals surface area contributed by atoms with E-state index in [1.807, 2.05) is 0 Å². The summed E-state index contributed by atoms with van der Waals surface area (Å²) in [7, 11) is 0. The zero-order valence-corrected chi connectivity index (χ0v) is 11.7. The Balaban J connectivity index is 1.58. The molecule has 0 amide bonds. The van der Waals surface area contributed by atoms with Gasteiger partial charge in [-0.3, -0.25) is 4.90 Å². The van der Waals surface area contributed by atoms with Crippen LogP contribution in [0.4, 0.5) is 5.82 Å². The van der Waals surface area contributed by atoms with E-state index in [9.17, 15) is 0 Å². The van der Waals surface area contributed by atoms with E-state index in [2.05, 4.69) is 46.0 Å². The van der Waals surface area contributed by atoms with Crippen molar-refractivity contribution >= 4 is 5.82 Å². The number of ether oxygens (including phenoxy) is 1. The third-order valence-corrected chi connectivity index (χ3v) is 4.04. The van der Waals surface area contributed by atoms with E-state index in [0.717, 1.165) is 50.9 Å². The number of hydrogen-bond donors (Lipinski definition) is 0. The molecule has 2 aliphatic rings. The Morgan fingerprint density at radius 3 is 2.32 bits per heavy atom. The van der Waals surface area contributed by atoms with Gasteiger partial charge in [-0.15, -0.1) is 5.10 Å². The molecule has 0 unspecified atom stereocenters. The Morgan fingerprint density at radius 2 is 1.84 bits per heavy atom. The van der Waals surface area contributed by atoms with Crippen molar-refractivity contribution in [2.45, 2.75) is 25.8 Å². The Bertz CT molecular complexity index is 408. The molecular formula is C14H22N4O. The second-order valence-electron chi connectivity index (χ2n) is 5.69. The van der Waals surface area contributed by atoms with E-state index in [1.54, 1.807) is 0 Å². The van der Waals surface area contributed by atoms with Crippen molar-refractivity contribution in [3.8, 4) is 0 Å². The zero-order chi connectivity index (χ0) is 13.2. The SMILES string of the molecule is CC(C)c1ccc(N2CCN(C3COC3)CC2)nn1. The molecule has 0 atom stereocenters. The molecule has 5 heteroatoms. The predicted octanol–water partition coefficient (Wildman–Crippen LogP) is 1.12. The van der Waals surface area contributed by atoms with Crippen molar-refractivity contribution in [3.63, 3.8) is 0 Å². The average Bonchev–Trinajstić information content (AvgIpc) is 2.38. The first-order valence-corrected chi connectivity index (χ1v) is 7.14. The largest absolute Gasteiger partial charge is 0.378 e. The molecule has 0 saturated carbocycles. The Kier molecular flexibility index (Phi) is 3.66. The maximum absolute atomic E-state index is 5.26. The highest BCUT2D eigenvalue weighted by Crippen LogP contribution is 2.18. The van der Waals surface area contributed by atoms with Gasteiger partial charge in [-0.25, -0.2) is 0 Å². The van der Waals surface area contributed by atoms with Gasteiger partial charge < -0.3 is 9.64 Å². The number of piperazine rings is 1. The lowest BCUT2D eigenvalue weighted by atomic mass is 10.1. The third-order valence-electron chi connectivity index (χ3n) is 4.04. The van der Waals surface area contributed by atoms with Crippen LogP contribution < -0.4 is 4.90 Å². The van der Waals surface area contributed by atoms with Crippen LogP contribution in [0.25, 0.3) is 0 Å². The van der Waals surface area contributed by atoms with Gasteiger partial charge in [-0.05, 0) is 18.1 Å². The van der Waals surface area contributed by atoms with E-state index in [0.29, 0.717) is 12.0 Å². The lowest BCUT2D eigenvalue weighted by Crippen LogP contribution is -2.56. The lowest BCUT2D eigenvalue weighted by molar-refractivity contribution is -0.0661. The molecule has 3 heterocycles. The Morgan fingerprint density at radius 1 is 1.11 bits per heavy atom. The molecule has 2 fully saturated rings. The third kappa shape index (κ3) is 2.72. The molecule has 1 aromatic rings. The number of hydrogen-bond acceptors (Lipinski definition) is 5. The van der Waals surface area contributed by atoms with E-state index in [1.165, 1.54) is 0 Å². The molecule has 2 aliphatic heterocycles. The molecule has 3 rings (SSSR count). The molecule has 19 heavy (non-hydrogen) atoms. The summed E-state index contributed by atoms with van der Waals surface area (Å²) in [5, 5.41) is 8.67. The summed E-state index contributed by atoms with van der Waals surface area (Å²) in [6.45, 7) is 10.4. The van der Waals surface area contributed by atoms with Crippen LogP contribution in [0.5, 0.6) is 0 Å². The minimum atomic E-state index is 0.442. The van der Waals surface area contributed by atoms with Gasteiger partial charge in [0.1, 0.15) is 0 Å². The van der Waals surface area contributed by atoms with Gasteiger partial charge in [0.15, 0.2) is 5.82 Å². The molecule has 5 nitrogen and oxygen atoms in total. The summed E-state index contributed by atoms with van der Waals surface area (Å²) < 4.78 is 5.26. The molecule has 0 bridgehead atoms. The van der Waals surface area contributed by atoms with Crippen LogP contribution in [0.1, 0.15) is 25.5 Å². The number of rotatable bonds is 3. The second kappa shape index (κ2) is 5.43. The summed E-state index contributed by atoms with van der Waals surface area (Å²) in [6.07, 6.45) is 0. The minimum absolute atomic E-state index is 0.442. The fourth-order valence-electron chi connectivity index (χ4n) is 2.56. The Labute approximate surface area is 114 Å². The highest BCUT2D eigenvalue weighted by molar-refractivity contribution is 5.38. The summed E-state index contributed by atoms with van der Waals surface area (Å²) >= 11 is 0. The smallest absolute Gasteiger partial charge is 0.151 e. The van der Waals surface area contributed by atoms with Crippen LogP contribution in [0.15, 0.2) is 12.1 Å². The van der Waals surface area contributed by atoms with Crippen molar-refractivity contribution in [1.82, 2.24) is 15.1 Å². The quantitative estimate of drug-likeness (QED) is 0.816. The first-order valence-electron chi connectivity index (χ1n) is 7.14. The van der Waals surface area contributed by atoms with Crippen LogP contribution in [-0.2, 0) is 4.74 Å². The Hall–Kier alpha value is -1.20. The van der Waals surface area contributed by atoms with Gasteiger partial charge >= 0.3 is 0 Å². The van der Waals surface area contributed by atoms with Gasteiger partial charge in [0, 0.05) is 26.2 Å². The molecule has 1 aromatic heterocycles. The van der Waals surface area contributed by atoms with Crippen molar-refractivity contribution < 1.29 is 4.74 Å². The average molecular weight is 262 g/mol. The second-order valence-corrected chi connectivity index (χ2v) is 5.69. The molecule has 0 N–H and O–H groups in total. The van der Waals surface area contributed by atoms with Crippen LogP contribution in [0.3, 0.4) is 0 Å². The first-order chi connectivity index (χ1) is 9.24. The van der Waals surface area contributed by atoms with E-state index >= 15 is 0 Å². The highest BCUT2D eigenvalue weighted by Gasteiger charge is 2.29. The fraction of sp³-hybridized carbons (Fsp3) is 0.714. The standard InChI is InChI=1S/C14H22N4O/c1-11(2)13-3-4-14(16-15-13)18-7-5-17(6-8-18)12-9-19-10-12/h3-4,11-12H,5-10H2,1-2H3. The van der Waals surface area contributed by atoms with Gasteiger partial charge in [0.05, 0.1) is 24.9 Å². The molecule has 2 saturated heterocycles. The zero-order valence-electron chi connectivity index (χ0n) is 11.7. The molecule has 104 valence electrons. The fourth-order valence-corrected chi connectivity index (χ4v) is 2.56. The molecule has 0 aromatic carbocycles. The van der Waals surface area contributed by atoms with Gasteiger partial charge in [-0.1, -0.05) is 13.8 Å². The number of anilines is 1. The van der Waals surface area contributed by atoms with Crippen molar-refractivity contribution in [2.75, 3.05) is 44.3 Å². The molecule has 0 radical (unpaired) electrons. The molecule has 0 spiro atoms. The van der Waals surface area contributed by atoms with Crippen LogP contribution >= 0.6 is 0 Å². The number of aromatic nitrogens is 2. The monoisotopic (exact) mass is 262 g/mol. The van der Waals surface area contributed by atoms with Gasteiger partial charge in [0.2, 0.25) is 0 Å². The van der Waals surface area contributed by atoms with Crippen LogP contribution in [0.2, 0.25) is 0 Å². The lowest BCUT2D eigenvalue weighted by Gasteiger charge is -2.42. The van der Waals surface area contributed by atoms with E-state index in [4.69, 9.17) is 4.74 Å². The topological polar surface area (TPSA) is 41.5 Å². The summed E-state index contributed by atoms with van der Waals surface area (Å²) in [5.41, 5.74) is 1.06. The number of nitrogens with zero attached hydrogens (tertiary/aromatic N) is 4. The normalized spacial score (nSPS) is 21.7.